The highest BCUT2D eigenvalue weighted by atomic mass is 16.5. The number of amidine groups is 1. The molecule has 0 aliphatic carbocycles. The maximum Gasteiger partial charge on any atom is 0.286 e. The van der Waals surface area contributed by atoms with Gasteiger partial charge in [-0.1, -0.05) is 0 Å². The molecule has 0 saturated heterocycles. The maximum absolute atomic E-state index is 5.22. The van der Waals surface area contributed by atoms with Crippen molar-refractivity contribution in [3.05, 3.63) is 0 Å². The van der Waals surface area contributed by atoms with E-state index in [4.69, 9.17) is 4.74 Å². The Hall–Kier alpha value is -0.730. The minimum atomic E-state index is 0.765. The minimum Gasteiger partial charge on any atom is -0.465 e. The number of nitrogens with zero attached hydrogens (tertiary/aromatic N) is 2. The third kappa shape index (κ3) is 1.59. The van der Waals surface area contributed by atoms with E-state index in [1.54, 1.807) is 0 Å². The standard InChI is InChI=1S/C6H12N2O/c1-8(2)6-7-4-3-5-9-6/h3-5H2,1-2H3. The van der Waals surface area contributed by atoms with Crippen LogP contribution in [0, 0.1) is 0 Å². The molecule has 0 N–H and O–H groups in total. The SMILES string of the molecule is CN(C)C1=NCCCO1. The Morgan fingerprint density at radius 1 is 1.56 bits per heavy atom. The molecule has 0 radical (unpaired) electrons. The van der Waals surface area contributed by atoms with Crippen molar-refractivity contribution in [1.82, 2.24) is 4.90 Å². The van der Waals surface area contributed by atoms with Gasteiger partial charge in [0.25, 0.3) is 6.02 Å². The van der Waals surface area contributed by atoms with Crippen LogP contribution in [0.25, 0.3) is 0 Å². The molecule has 1 aliphatic rings. The van der Waals surface area contributed by atoms with Gasteiger partial charge in [0.1, 0.15) is 0 Å². The summed E-state index contributed by atoms with van der Waals surface area (Å²) in [6.07, 6.45) is 1.05. The molecule has 0 aromatic heterocycles. The Morgan fingerprint density at radius 3 is 2.67 bits per heavy atom. The fourth-order valence-corrected chi connectivity index (χ4v) is 0.719. The number of hydrogen-bond acceptors (Lipinski definition) is 3. The van der Waals surface area contributed by atoms with Gasteiger partial charge in [-0.15, -0.1) is 0 Å². The Bertz CT molecular complexity index is 120. The predicted molar refractivity (Wildman–Crippen MR) is 36.6 cm³/mol. The molecule has 0 saturated carbocycles. The second-order valence-electron chi connectivity index (χ2n) is 2.26. The van der Waals surface area contributed by atoms with Gasteiger partial charge < -0.3 is 9.64 Å². The Morgan fingerprint density at radius 2 is 2.33 bits per heavy atom. The van der Waals surface area contributed by atoms with E-state index in [2.05, 4.69) is 4.99 Å². The summed E-state index contributed by atoms with van der Waals surface area (Å²) in [5.74, 6) is 0. The summed E-state index contributed by atoms with van der Waals surface area (Å²) in [7, 11) is 3.87. The third-order valence-electron chi connectivity index (χ3n) is 1.16. The maximum atomic E-state index is 5.22. The van der Waals surface area contributed by atoms with E-state index in [1.807, 2.05) is 19.0 Å². The molecule has 0 amide bonds. The van der Waals surface area contributed by atoms with Crippen LogP contribution >= 0.6 is 0 Å². The summed E-state index contributed by atoms with van der Waals surface area (Å²) in [4.78, 5) is 6.04. The quantitative estimate of drug-likeness (QED) is 0.469. The molecule has 3 heteroatoms. The molecule has 1 aliphatic heterocycles. The minimum absolute atomic E-state index is 0.765. The molecule has 52 valence electrons. The zero-order valence-electron chi connectivity index (χ0n) is 5.92. The smallest absolute Gasteiger partial charge is 0.286 e. The van der Waals surface area contributed by atoms with Crippen LogP contribution in [0.5, 0.6) is 0 Å². The van der Waals surface area contributed by atoms with Gasteiger partial charge in [0, 0.05) is 27.1 Å². The van der Waals surface area contributed by atoms with Crippen molar-refractivity contribution >= 4 is 6.02 Å². The van der Waals surface area contributed by atoms with Crippen LogP contribution in [0.15, 0.2) is 4.99 Å². The number of aliphatic imine (C=N–C) groups is 1. The molecule has 0 fully saturated rings. The van der Waals surface area contributed by atoms with Crippen LogP contribution in [0.1, 0.15) is 6.42 Å². The first-order chi connectivity index (χ1) is 4.30. The summed E-state index contributed by atoms with van der Waals surface area (Å²) in [5.41, 5.74) is 0. The van der Waals surface area contributed by atoms with E-state index in [-0.39, 0.29) is 0 Å². The molecule has 0 unspecified atom stereocenters. The first-order valence-electron chi connectivity index (χ1n) is 3.15. The van der Waals surface area contributed by atoms with Crippen molar-refractivity contribution in [2.24, 2.45) is 4.99 Å². The van der Waals surface area contributed by atoms with Crippen LogP contribution in [0.4, 0.5) is 0 Å². The van der Waals surface area contributed by atoms with Crippen LogP contribution < -0.4 is 0 Å². The van der Waals surface area contributed by atoms with Crippen LogP contribution in [-0.2, 0) is 4.74 Å². The fourth-order valence-electron chi connectivity index (χ4n) is 0.719. The van der Waals surface area contributed by atoms with Crippen LogP contribution in [0.3, 0.4) is 0 Å². The van der Waals surface area contributed by atoms with Gasteiger partial charge in [-0.2, -0.15) is 0 Å². The van der Waals surface area contributed by atoms with Crippen molar-refractivity contribution in [3.8, 4) is 0 Å². The lowest BCUT2D eigenvalue weighted by molar-refractivity contribution is 0.237. The van der Waals surface area contributed by atoms with E-state index in [9.17, 15) is 0 Å². The molecule has 0 atom stereocenters. The van der Waals surface area contributed by atoms with E-state index in [0.29, 0.717) is 0 Å². The number of ether oxygens (including phenoxy) is 1. The molecule has 0 aromatic carbocycles. The first-order valence-corrected chi connectivity index (χ1v) is 3.15. The summed E-state index contributed by atoms with van der Waals surface area (Å²) >= 11 is 0. The molecule has 1 rings (SSSR count). The average molecular weight is 128 g/mol. The second kappa shape index (κ2) is 2.71. The van der Waals surface area contributed by atoms with Crippen molar-refractivity contribution < 1.29 is 4.74 Å². The topological polar surface area (TPSA) is 24.8 Å². The van der Waals surface area contributed by atoms with Crippen LogP contribution in [-0.4, -0.2) is 38.2 Å². The van der Waals surface area contributed by atoms with Gasteiger partial charge in [0.15, 0.2) is 0 Å². The summed E-state index contributed by atoms with van der Waals surface area (Å²) in [5, 5.41) is 0. The molecule has 9 heavy (non-hydrogen) atoms. The van der Waals surface area contributed by atoms with Crippen molar-refractivity contribution in [2.75, 3.05) is 27.2 Å². The Balaban J connectivity index is 2.46. The van der Waals surface area contributed by atoms with E-state index >= 15 is 0 Å². The molecular formula is C6H12N2O. The number of rotatable bonds is 0. The lowest BCUT2D eigenvalue weighted by Crippen LogP contribution is -2.28. The summed E-state index contributed by atoms with van der Waals surface area (Å²) in [6.45, 7) is 1.73. The van der Waals surface area contributed by atoms with Gasteiger partial charge in [0.05, 0.1) is 6.61 Å². The van der Waals surface area contributed by atoms with Gasteiger partial charge in [-0.3, -0.25) is 0 Å². The molecule has 3 nitrogen and oxygen atoms in total. The molecule has 0 spiro atoms. The largest absolute Gasteiger partial charge is 0.465 e. The molecule has 1 heterocycles. The Kier molecular flexibility index (Phi) is 1.92. The van der Waals surface area contributed by atoms with Crippen molar-refractivity contribution in [1.29, 1.82) is 0 Å². The lowest BCUT2D eigenvalue weighted by atomic mass is 10.4. The highest BCUT2D eigenvalue weighted by Crippen LogP contribution is 1.97. The van der Waals surface area contributed by atoms with E-state index < -0.39 is 0 Å². The van der Waals surface area contributed by atoms with Crippen molar-refractivity contribution in [2.45, 2.75) is 6.42 Å². The third-order valence-corrected chi connectivity index (χ3v) is 1.16. The van der Waals surface area contributed by atoms with Gasteiger partial charge in [0.2, 0.25) is 0 Å². The Labute approximate surface area is 55.3 Å². The van der Waals surface area contributed by atoms with Crippen LogP contribution in [0.2, 0.25) is 0 Å². The predicted octanol–water partition coefficient (Wildman–Crippen LogP) is 0.324. The molecule has 0 aromatic rings. The fraction of sp³-hybridized carbons (Fsp3) is 0.833. The van der Waals surface area contributed by atoms with E-state index in [0.717, 1.165) is 25.6 Å². The van der Waals surface area contributed by atoms with Gasteiger partial charge in [-0.25, -0.2) is 4.99 Å². The zero-order valence-corrected chi connectivity index (χ0v) is 5.92. The lowest BCUT2D eigenvalue weighted by Gasteiger charge is -2.19. The summed E-state index contributed by atoms with van der Waals surface area (Å²) < 4.78 is 5.22. The average Bonchev–Trinajstić information content (AvgIpc) is 1.90. The molecule has 0 bridgehead atoms. The zero-order chi connectivity index (χ0) is 6.69. The highest BCUT2D eigenvalue weighted by molar-refractivity contribution is 5.73. The number of hydrogen-bond donors (Lipinski definition) is 0. The van der Waals surface area contributed by atoms with E-state index in [1.165, 1.54) is 0 Å². The van der Waals surface area contributed by atoms with Gasteiger partial charge >= 0.3 is 0 Å². The highest BCUT2D eigenvalue weighted by Gasteiger charge is 2.05. The van der Waals surface area contributed by atoms with Crippen molar-refractivity contribution in [3.63, 3.8) is 0 Å². The first kappa shape index (κ1) is 6.39. The normalized spacial score (nSPS) is 18.2. The van der Waals surface area contributed by atoms with Gasteiger partial charge in [-0.05, 0) is 0 Å². The molecular weight excluding hydrogens is 116 g/mol. The monoisotopic (exact) mass is 128 g/mol. The summed E-state index contributed by atoms with van der Waals surface area (Å²) in [6, 6.07) is 0.765. The second-order valence-corrected chi connectivity index (χ2v) is 2.26.